The van der Waals surface area contributed by atoms with Gasteiger partial charge in [0.25, 0.3) is 5.91 Å². The minimum Gasteiger partial charge on any atom is -0.493 e. The predicted octanol–water partition coefficient (Wildman–Crippen LogP) is 2.41. The fraction of sp³-hybridized carbons (Fsp3) is 0.190. The van der Waals surface area contributed by atoms with Crippen LogP contribution in [0.3, 0.4) is 0 Å². The lowest BCUT2D eigenvalue weighted by atomic mass is 10.1. The molecule has 2 aromatic carbocycles. The van der Waals surface area contributed by atoms with E-state index in [2.05, 4.69) is 9.71 Å². The van der Waals surface area contributed by atoms with Crippen molar-refractivity contribution in [3.63, 3.8) is 0 Å². The van der Waals surface area contributed by atoms with Crippen LogP contribution in [-0.2, 0) is 15.0 Å². The van der Waals surface area contributed by atoms with Crippen LogP contribution >= 0.6 is 0 Å². The van der Waals surface area contributed by atoms with Gasteiger partial charge < -0.3 is 14.8 Å². The zero-order chi connectivity index (χ0) is 22.8. The monoisotopic (exact) mass is 443 g/mol. The van der Waals surface area contributed by atoms with Gasteiger partial charge in [-0.1, -0.05) is 12.1 Å². The summed E-state index contributed by atoms with van der Waals surface area (Å²) in [4.78, 5) is 24.5. The number of hydrogen-bond acceptors (Lipinski definition) is 6. The first kappa shape index (κ1) is 22.0. The standard InChI is InChI=1S/C21H21N3O6S/c1-13(25)14-6-5-7-16(10-14)22-21(26)18-12-17(23-31(27,28)24(18)2)15-8-9-19(29-3)20(11-15)30-4/h5-12H,1-4H3,(H,22,26). The fourth-order valence-electron chi connectivity index (χ4n) is 2.91. The number of likely N-dealkylation sites (N-methyl/N-ethyl adjacent to an activating group) is 1. The van der Waals surface area contributed by atoms with Crippen LogP contribution in [0.2, 0.25) is 0 Å². The number of allylic oxidation sites excluding steroid dienone is 1. The van der Waals surface area contributed by atoms with Gasteiger partial charge in [-0.25, -0.2) is 4.31 Å². The third kappa shape index (κ3) is 4.58. The zero-order valence-corrected chi connectivity index (χ0v) is 18.2. The molecule has 1 N–H and O–H groups in total. The van der Waals surface area contributed by atoms with Gasteiger partial charge in [0.15, 0.2) is 17.3 Å². The lowest BCUT2D eigenvalue weighted by Gasteiger charge is -2.24. The van der Waals surface area contributed by atoms with E-state index in [-0.39, 0.29) is 17.2 Å². The minimum atomic E-state index is -4.14. The van der Waals surface area contributed by atoms with Crippen molar-refractivity contribution in [1.82, 2.24) is 4.31 Å². The third-order valence-corrected chi connectivity index (χ3v) is 5.93. The molecule has 0 fully saturated rings. The van der Waals surface area contributed by atoms with E-state index in [1.807, 2.05) is 0 Å². The van der Waals surface area contributed by atoms with Crippen LogP contribution in [-0.4, -0.2) is 51.4 Å². The smallest absolute Gasteiger partial charge is 0.345 e. The van der Waals surface area contributed by atoms with E-state index in [9.17, 15) is 18.0 Å². The van der Waals surface area contributed by atoms with Crippen molar-refractivity contribution in [3.05, 3.63) is 65.4 Å². The van der Waals surface area contributed by atoms with E-state index in [0.717, 1.165) is 4.31 Å². The van der Waals surface area contributed by atoms with Crippen LogP contribution in [0, 0.1) is 0 Å². The molecule has 0 radical (unpaired) electrons. The molecule has 3 rings (SSSR count). The molecule has 162 valence electrons. The summed E-state index contributed by atoms with van der Waals surface area (Å²) in [6.07, 6.45) is 1.37. The Morgan fingerprint density at radius 1 is 1.03 bits per heavy atom. The molecule has 1 aliphatic rings. The largest absolute Gasteiger partial charge is 0.493 e. The summed E-state index contributed by atoms with van der Waals surface area (Å²) in [6.45, 7) is 1.41. The van der Waals surface area contributed by atoms with E-state index in [1.165, 1.54) is 40.3 Å². The van der Waals surface area contributed by atoms with E-state index in [0.29, 0.717) is 28.3 Å². The van der Waals surface area contributed by atoms with Crippen molar-refractivity contribution in [2.75, 3.05) is 26.6 Å². The molecule has 0 saturated heterocycles. The van der Waals surface area contributed by atoms with Crippen LogP contribution in [0.25, 0.3) is 0 Å². The Morgan fingerprint density at radius 2 is 1.74 bits per heavy atom. The summed E-state index contributed by atoms with van der Waals surface area (Å²) >= 11 is 0. The molecule has 0 aliphatic carbocycles. The maximum atomic E-state index is 12.9. The lowest BCUT2D eigenvalue weighted by molar-refractivity contribution is -0.113. The number of methoxy groups -OCH3 is 2. The topological polar surface area (TPSA) is 114 Å². The minimum absolute atomic E-state index is 0.0710. The molecule has 31 heavy (non-hydrogen) atoms. The van der Waals surface area contributed by atoms with Crippen molar-refractivity contribution in [2.24, 2.45) is 4.40 Å². The van der Waals surface area contributed by atoms with E-state index < -0.39 is 16.1 Å². The molecule has 2 aromatic rings. The molecular weight excluding hydrogens is 422 g/mol. The number of nitrogens with one attached hydrogen (secondary N) is 1. The van der Waals surface area contributed by atoms with Crippen molar-refractivity contribution in [2.45, 2.75) is 6.92 Å². The highest BCUT2D eigenvalue weighted by Crippen LogP contribution is 2.29. The maximum absolute atomic E-state index is 12.9. The number of anilines is 1. The number of amides is 1. The van der Waals surface area contributed by atoms with E-state index >= 15 is 0 Å². The van der Waals surface area contributed by atoms with Gasteiger partial charge in [-0.2, -0.15) is 8.42 Å². The molecule has 1 heterocycles. The summed E-state index contributed by atoms with van der Waals surface area (Å²) in [6, 6.07) is 11.2. The second-order valence-corrected chi connectivity index (χ2v) is 8.24. The van der Waals surface area contributed by atoms with Gasteiger partial charge in [0.1, 0.15) is 5.70 Å². The highest BCUT2D eigenvalue weighted by molar-refractivity contribution is 7.88. The van der Waals surface area contributed by atoms with Gasteiger partial charge in [-0.05, 0) is 43.3 Å². The van der Waals surface area contributed by atoms with Crippen LogP contribution in [0.5, 0.6) is 11.5 Å². The number of carbonyl (C=O) groups is 2. The van der Waals surface area contributed by atoms with Crippen LogP contribution in [0.1, 0.15) is 22.8 Å². The summed E-state index contributed by atoms with van der Waals surface area (Å²) in [5.41, 5.74) is 1.15. The maximum Gasteiger partial charge on any atom is 0.345 e. The normalized spacial score (nSPS) is 14.9. The van der Waals surface area contributed by atoms with Crippen molar-refractivity contribution in [3.8, 4) is 11.5 Å². The Labute approximate surface area is 180 Å². The first-order chi connectivity index (χ1) is 14.7. The Hall–Kier alpha value is -3.66. The molecule has 0 aromatic heterocycles. The van der Waals surface area contributed by atoms with E-state index in [4.69, 9.17) is 9.47 Å². The number of hydrogen-bond donors (Lipinski definition) is 1. The van der Waals surface area contributed by atoms with Gasteiger partial charge in [0, 0.05) is 23.9 Å². The summed E-state index contributed by atoms with van der Waals surface area (Å²) in [5.74, 6) is 0.0320. The average molecular weight is 443 g/mol. The van der Waals surface area contributed by atoms with Crippen LogP contribution in [0.4, 0.5) is 5.69 Å². The van der Waals surface area contributed by atoms with E-state index in [1.54, 1.807) is 36.4 Å². The van der Waals surface area contributed by atoms with Crippen molar-refractivity contribution >= 4 is 33.3 Å². The molecule has 9 nitrogen and oxygen atoms in total. The first-order valence-corrected chi connectivity index (χ1v) is 10.5. The van der Waals surface area contributed by atoms with Gasteiger partial charge in [-0.15, -0.1) is 4.40 Å². The number of nitrogens with zero attached hydrogens (tertiary/aromatic N) is 2. The summed E-state index contributed by atoms with van der Waals surface area (Å²) in [7, 11) is 0.0433. The first-order valence-electron chi connectivity index (χ1n) is 9.11. The second kappa shape index (κ2) is 8.60. The summed E-state index contributed by atoms with van der Waals surface area (Å²) < 4.78 is 40.2. The predicted molar refractivity (Wildman–Crippen MR) is 116 cm³/mol. The van der Waals surface area contributed by atoms with Gasteiger partial charge in [0.2, 0.25) is 0 Å². The lowest BCUT2D eigenvalue weighted by Crippen LogP contribution is -2.35. The van der Waals surface area contributed by atoms with Crippen molar-refractivity contribution < 1.29 is 27.5 Å². The van der Waals surface area contributed by atoms with Crippen LogP contribution < -0.4 is 14.8 Å². The number of ether oxygens (including phenoxy) is 2. The van der Waals surface area contributed by atoms with Gasteiger partial charge in [-0.3, -0.25) is 9.59 Å². The Bertz CT molecular complexity index is 1220. The third-order valence-electron chi connectivity index (χ3n) is 4.61. The molecule has 0 atom stereocenters. The second-order valence-electron chi connectivity index (χ2n) is 6.61. The van der Waals surface area contributed by atoms with Gasteiger partial charge in [0.05, 0.1) is 19.9 Å². The Morgan fingerprint density at radius 3 is 2.39 bits per heavy atom. The number of carbonyl (C=O) groups excluding carboxylic acids is 2. The number of rotatable bonds is 6. The molecule has 1 aliphatic heterocycles. The number of ketones is 1. The molecule has 0 unspecified atom stereocenters. The molecule has 10 heteroatoms. The molecule has 0 saturated carbocycles. The summed E-state index contributed by atoms with van der Waals surface area (Å²) in [5, 5.41) is 2.62. The zero-order valence-electron chi connectivity index (χ0n) is 17.4. The highest BCUT2D eigenvalue weighted by atomic mass is 32.2. The molecule has 0 bridgehead atoms. The Kier molecular flexibility index (Phi) is 6.11. The number of benzene rings is 2. The molecule has 1 amide bonds. The molecular formula is C21H21N3O6S. The van der Waals surface area contributed by atoms with Crippen molar-refractivity contribution in [1.29, 1.82) is 0 Å². The quantitative estimate of drug-likeness (QED) is 0.686. The highest BCUT2D eigenvalue weighted by Gasteiger charge is 2.30. The Balaban J connectivity index is 1.99. The number of Topliss-reactive ketones (excluding diaryl/α,β-unsaturated/α-hetero) is 1. The molecule has 0 spiro atoms. The SMILES string of the molecule is COc1ccc(C2=NS(=O)(=O)N(C)C(C(=O)Nc3cccc(C(C)=O)c3)=C2)cc1OC. The fourth-order valence-corrected chi connectivity index (χ4v) is 3.82. The average Bonchev–Trinajstić information content (AvgIpc) is 2.74. The van der Waals surface area contributed by atoms with Crippen LogP contribution in [0.15, 0.2) is 58.6 Å². The van der Waals surface area contributed by atoms with Gasteiger partial charge >= 0.3 is 10.2 Å².